The second-order valence-corrected chi connectivity index (χ2v) is 26.9. The summed E-state index contributed by atoms with van der Waals surface area (Å²) in [5.74, 6) is -4.61. The molecule has 3 aromatic rings. The van der Waals surface area contributed by atoms with Crippen molar-refractivity contribution in [1.29, 1.82) is 0 Å². The highest BCUT2D eigenvalue weighted by atomic mass is 31.2. The molecule has 10 atom stereocenters. The number of ether oxygens (including phenoxy) is 6. The zero-order chi connectivity index (χ0) is 80.1. The van der Waals surface area contributed by atoms with Crippen molar-refractivity contribution >= 4 is 45.1 Å². The topological polar surface area (TPSA) is 516 Å². The Balaban J connectivity index is 0.000000427. The average Bonchev–Trinajstić information content (AvgIpc) is 1.64. The van der Waals surface area contributed by atoms with Crippen LogP contribution in [0.1, 0.15) is 76.4 Å². The summed E-state index contributed by atoms with van der Waals surface area (Å²) in [7, 11) is -5.45. The Hall–Kier alpha value is -8.29. The fourth-order valence-corrected chi connectivity index (χ4v) is 11.2. The zero-order valence-corrected chi connectivity index (χ0v) is 60.0. The number of amides is 5. The van der Waals surface area contributed by atoms with Crippen LogP contribution in [0.4, 0.5) is 49.1 Å². The maximum atomic E-state index is 12.7. The summed E-state index contributed by atoms with van der Waals surface area (Å²) in [5.41, 5.74) is 11.4. The maximum absolute atomic E-state index is 12.7. The van der Waals surface area contributed by atoms with Gasteiger partial charge in [0.15, 0.2) is 12.5 Å². The number of nitrogens with one attached hydrogen (secondary N) is 7. The second-order valence-electron chi connectivity index (χ2n) is 22.9. The molecule has 5 amide bonds. The van der Waals surface area contributed by atoms with E-state index in [4.69, 9.17) is 55.2 Å². The van der Waals surface area contributed by atoms with Crippen LogP contribution in [0.15, 0.2) is 55.0 Å². The van der Waals surface area contributed by atoms with Gasteiger partial charge < -0.3 is 80.3 Å². The lowest BCUT2D eigenvalue weighted by atomic mass is 10.1. The first-order valence-electron chi connectivity index (χ1n) is 32.7. The SMILES string of the molecule is C#CCNC(=O)OC[C@H]1O[C@@H](n2ccc(=O)[nH]c2=O)C(OC)[C@H]1OP(=O)(O)CC.COC1[C@@H](OP(C)(=O)O)[C@@H](COC(=O)NCc2cn(CCCNCCCCNCCCN)nn2)O[C@H]1n1ccc(=O)[nH]c1=O.[N-]=[N+]=NCCCN(CCCCN(CCCNC(=O)C(F)(F)F)C(=O)C(F)(F)F)C(=O)C(F)(F)F. The van der Waals surface area contributed by atoms with Crippen LogP contribution in [-0.2, 0) is 74.1 Å². The molecule has 3 aromatic heterocycles. The molecule has 2 fully saturated rings. The molecule has 0 aromatic carbocycles. The number of halogens is 9. The highest BCUT2D eigenvalue weighted by Crippen LogP contribution is 2.48. The summed E-state index contributed by atoms with van der Waals surface area (Å²) in [6, 6.07) is 2.22. The van der Waals surface area contributed by atoms with Gasteiger partial charge in [-0.05, 0) is 89.6 Å². The molecule has 0 spiro atoms. The Labute approximate surface area is 603 Å². The first-order valence-corrected chi connectivity index (χ1v) is 36.4. The number of terminal acetylenes is 1. The zero-order valence-electron chi connectivity index (χ0n) is 58.3. The van der Waals surface area contributed by atoms with Crippen molar-refractivity contribution in [2.75, 3.05) is 119 Å². The first-order chi connectivity index (χ1) is 50.3. The molecule has 604 valence electrons. The summed E-state index contributed by atoms with van der Waals surface area (Å²) < 4.78 is 184. The van der Waals surface area contributed by atoms with Gasteiger partial charge in [-0.25, -0.2) is 19.2 Å². The molecule has 5 rings (SSSR count). The number of carbonyl (C=O) groups is 5. The Morgan fingerprint density at radius 1 is 0.701 bits per heavy atom. The van der Waals surface area contributed by atoms with Crippen molar-refractivity contribution in [3.05, 3.63) is 88.5 Å². The molecule has 50 heteroatoms. The summed E-state index contributed by atoms with van der Waals surface area (Å²) in [4.78, 5) is 132. The molecule has 107 heavy (non-hydrogen) atoms. The molecule has 0 saturated carbocycles. The number of alkyl halides is 9. The van der Waals surface area contributed by atoms with Crippen molar-refractivity contribution in [2.24, 2.45) is 10.8 Å². The number of hydrogen-bond donors (Lipinski definition) is 10. The van der Waals surface area contributed by atoms with Gasteiger partial charge in [-0.1, -0.05) is 23.2 Å². The van der Waals surface area contributed by atoms with E-state index in [1.165, 1.54) is 38.9 Å². The van der Waals surface area contributed by atoms with Gasteiger partial charge in [0.05, 0.1) is 19.3 Å². The third-order valence-electron chi connectivity index (χ3n) is 14.8. The van der Waals surface area contributed by atoms with Crippen LogP contribution in [0.2, 0.25) is 0 Å². The molecule has 2 saturated heterocycles. The highest BCUT2D eigenvalue weighted by molar-refractivity contribution is 7.52. The van der Waals surface area contributed by atoms with E-state index in [2.05, 4.69) is 57.5 Å². The van der Waals surface area contributed by atoms with E-state index in [0.717, 1.165) is 79.8 Å². The molecule has 0 aliphatic carbocycles. The molecule has 2 aliphatic rings. The van der Waals surface area contributed by atoms with E-state index in [0.29, 0.717) is 23.7 Å². The lowest BCUT2D eigenvalue weighted by molar-refractivity contribution is -0.186. The number of hydrogen-bond acceptors (Lipinski definition) is 25. The first kappa shape index (κ1) is 92.9. The van der Waals surface area contributed by atoms with E-state index in [1.807, 2.05) is 0 Å². The van der Waals surface area contributed by atoms with Gasteiger partial charge in [0.25, 0.3) is 11.1 Å². The minimum atomic E-state index is -5.31. The van der Waals surface area contributed by atoms with Gasteiger partial charge in [0.1, 0.15) is 55.5 Å². The maximum Gasteiger partial charge on any atom is 0.471 e. The minimum Gasteiger partial charge on any atom is -0.447 e. The van der Waals surface area contributed by atoms with Crippen LogP contribution in [-0.4, -0.2) is 258 Å². The van der Waals surface area contributed by atoms with E-state index < -0.39 is 181 Å². The Kier molecular flexibility index (Phi) is 40.1. The molecule has 0 radical (unpaired) electrons. The van der Waals surface area contributed by atoms with Crippen LogP contribution in [0, 0.1) is 12.3 Å². The van der Waals surface area contributed by atoms with Gasteiger partial charge >= 0.3 is 75.0 Å². The minimum absolute atomic E-state index is 0.0535. The van der Waals surface area contributed by atoms with Gasteiger partial charge in [0.2, 0.25) is 0 Å². The highest BCUT2D eigenvalue weighted by Gasteiger charge is 2.52. The quantitative estimate of drug-likeness (QED) is 0.00733. The lowest BCUT2D eigenvalue weighted by Crippen LogP contribution is -2.44. The van der Waals surface area contributed by atoms with E-state index in [1.54, 1.807) is 10.9 Å². The molecule has 39 nitrogen and oxygen atoms in total. The molecule has 0 bridgehead atoms. The van der Waals surface area contributed by atoms with Crippen LogP contribution in [0.25, 0.3) is 10.4 Å². The fourth-order valence-electron chi connectivity index (χ4n) is 9.75. The van der Waals surface area contributed by atoms with Gasteiger partial charge in [-0.3, -0.25) is 65.9 Å². The number of carbonyl (C=O) groups excluding carboxylic acids is 5. The number of methoxy groups -OCH3 is 2. The average molecular weight is 1590 g/mol. The monoisotopic (exact) mass is 1590 g/mol. The number of unbranched alkanes of at least 4 members (excludes halogenated alkanes) is 2. The molecular formula is C57H87F9N18O21P2. The van der Waals surface area contributed by atoms with Crippen molar-refractivity contribution in [1.82, 2.24) is 70.5 Å². The van der Waals surface area contributed by atoms with E-state index in [9.17, 15) is 102 Å². The van der Waals surface area contributed by atoms with Crippen molar-refractivity contribution in [3.8, 4) is 12.3 Å². The Morgan fingerprint density at radius 3 is 1.63 bits per heavy atom. The summed E-state index contributed by atoms with van der Waals surface area (Å²) in [5, 5.41) is 24.3. The molecule has 4 unspecified atom stereocenters. The largest absolute Gasteiger partial charge is 0.471 e. The standard InChI is InChI=1S/C25H44N9O9P.C16H21F9N6O3.C16H22N3O9P/c1-40-22-21(43-44(2,38)39)19(42-23(22)34-14-7-20(35)30-24(34)36)17-41-25(37)29-15-18-16-33(32-31-18)13-6-12-28-10-4-3-9-27-11-5-8-26;17-14(18,19)11(32)27-5-3-9-30(12(33)15(20,21)22)7-1-2-8-31(10-4-6-28-29-26)13(34)16(23,24)25;1-4-7-17-16(22)26-9-10-12(28-29(23,24)5-2)13(25-3)14(27-10)19-8-6-11(20)18-15(19)21/h7,14,16,19,21-23,27-28H,3-6,8-13,15,17,26H2,1-2H3,(H,29,37)(H,38,39)(H,30,35,36);1-10H2,(H,27,32);1,6,8,10,12-14H,5,7,9H2,2-3H3,(H,17,22)(H,23,24)(H,18,20,21)/t19-,21+,22?,23-;;10-,12+,13?,14-/m1.1/s1. The molecular weight excluding hydrogens is 1510 g/mol. The van der Waals surface area contributed by atoms with Gasteiger partial charge in [-0.15, -0.1) is 11.5 Å². The number of nitrogens with two attached hydrogens (primary N) is 1. The predicted octanol–water partition coefficient (Wildman–Crippen LogP) is 1.58. The smallest absolute Gasteiger partial charge is 0.447 e. The molecule has 5 heterocycles. The second kappa shape index (κ2) is 46.2. The number of H-pyrrole nitrogens is 2. The van der Waals surface area contributed by atoms with Crippen LogP contribution >= 0.6 is 15.2 Å². The Bertz CT molecular complexity index is 3720. The van der Waals surface area contributed by atoms with Gasteiger partial charge in [-0.2, -0.15) is 39.5 Å². The van der Waals surface area contributed by atoms with E-state index >= 15 is 0 Å². The van der Waals surface area contributed by atoms with Crippen LogP contribution in [0.5, 0.6) is 0 Å². The summed E-state index contributed by atoms with van der Waals surface area (Å²) in [6.45, 7) is 3.65. The van der Waals surface area contributed by atoms with Gasteiger partial charge in [0, 0.05) is 102 Å². The van der Waals surface area contributed by atoms with Crippen LogP contribution in [0.3, 0.4) is 0 Å². The number of alkyl carbamates (subject to hydrolysis) is 2. The summed E-state index contributed by atoms with van der Waals surface area (Å²) in [6.07, 6.45) is -14.2. The van der Waals surface area contributed by atoms with Crippen molar-refractivity contribution in [2.45, 2.75) is 139 Å². The number of aryl methyl sites for hydroxylation is 1. The fraction of sp³-hybridized carbons (Fsp3) is 0.702. The van der Waals surface area contributed by atoms with Crippen molar-refractivity contribution < 1.29 is 120 Å². The lowest BCUT2D eigenvalue weighted by Gasteiger charge is -2.26. The van der Waals surface area contributed by atoms with E-state index in [-0.39, 0.29) is 56.6 Å². The third-order valence-corrected chi connectivity index (χ3v) is 16.8. The van der Waals surface area contributed by atoms with Crippen molar-refractivity contribution in [3.63, 3.8) is 0 Å². The number of azide groups is 1. The Morgan fingerprint density at radius 2 is 1.18 bits per heavy atom. The third kappa shape index (κ3) is 34.2. The summed E-state index contributed by atoms with van der Waals surface area (Å²) >= 11 is 0. The predicted molar refractivity (Wildman–Crippen MR) is 354 cm³/mol. The van der Waals surface area contributed by atoms with Crippen LogP contribution < -0.4 is 54.8 Å². The molecule has 2 aliphatic heterocycles. The number of aromatic amines is 2. The number of nitrogens with zero attached hydrogens (tertiary/aromatic N) is 10. The normalized spacial score (nSPS) is 19.5. The number of aromatic nitrogens is 7. The molecule has 11 N–H and O–H groups in total. The number of rotatable bonds is 41.